The summed E-state index contributed by atoms with van der Waals surface area (Å²) in [5.41, 5.74) is 1.84. The first-order valence-electron chi connectivity index (χ1n) is 7.10. The molecule has 0 aliphatic heterocycles. The molecule has 0 unspecified atom stereocenters. The van der Waals surface area contributed by atoms with Gasteiger partial charge in [0.1, 0.15) is 5.82 Å². The van der Waals surface area contributed by atoms with Crippen LogP contribution in [0.15, 0.2) is 48.5 Å². The first kappa shape index (κ1) is 16.1. The third-order valence-corrected chi connectivity index (χ3v) is 3.36. The fourth-order valence-corrected chi connectivity index (χ4v) is 2.30. The van der Waals surface area contributed by atoms with Gasteiger partial charge in [0, 0.05) is 34.2 Å². The molecular formula is C17H13ClF2N4. The van der Waals surface area contributed by atoms with Gasteiger partial charge in [-0.05, 0) is 37.3 Å². The Labute approximate surface area is 142 Å². The molecule has 0 saturated heterocycles. The topological polar surface area (TPSA) is 49.8 Å². The van der Waals surface area contributed by atoms with Gasteiger partial charge < -0.3 is 10.6 Å². The molecule has 0 spiro atoms. The Morgan fingerprint density at radius 2 is 1.67 bits per heavy atom. The van der Waals surface area contributed by atoms with Gasteiger partial charge in [0.2, 0.25) is 5.95 Å². The predicted molar refractivity (Wildman–Crippen MR) is 91.1 cm³/mol. The standard InChI is InChI=1S/C17H13ClF2N4/c1-10-7-16(22-13-5-6-14(19)15(20)9-13)24-17(21-10)23-12-4-2-3-11(18)8-12/h2-9H,1H3,(H2,21,22,23,24). The van der Waals surface area contributed by atoms with Crippen molar-refractivity contribution < 1.29 is 8.78 Å². The molecule has 3 aromatic rings. The molecule has 1 aromatic heterocycles. The van der Waals surface area contributed by atoms with Crippen LogP contribution in [0.1, 0.15) is 5.69 Å². The van der Waals surface area contributed by atoms with Gasteiger partial charge >= 0.3 is 0 Å². The van der Waals surface area contributed by atoms with Gasteiger partial charge in [0.25, 0.3) is 0 Å². The second kappa shape index (κ2) is 6.80. The van der Waals surface area contributed by atoms with Gasteiger partial charge in [-0.25, -0.2) is 13.8 Å². The summed E-state index contributed by atoms with van der Waals surface area (Å²) < 4.78 is 26.3. The highest BCUT2D eigenvalue weighted by molar-refractivity contribution is 6.30. The molecule has 0 amide bonds. The van der Waals surface area contributed by atoms with Gasteiger partial charge in [-0.2, -0.15) is 4.98 Å². The monoisotopic (exact) mass is 346 g/mol. The lowest BCUT2D eigenvalue weighted by atomic mass is 10.3. The third kappa shape index (κ3) is 3.97. The minimum absolute atomic E-state index is 0.363. The summed E-state index contributed by atoms with van der Waals surface area (Å²) in [6, 6.07) is 12.4. The Morgan fingerprint density at radius 3 is 2.42 bits per heavy atom. The quantitative estimate of drug-likeness (QED) is 0.681. The zero-order valence-corrected chi connectivity index (χ0v) is 13.4. The summed E-state index contributed by atoms with van der Waals surface area (Å²) in [6.45, 7) is 1.81. The smallest absolute Gasteiger partial charge is 0.229 e. The van der Waals surface area contributed by atoms with Crippen LogP contribution in [0, 0.1) is 18.6 Å². The maximum Gasteiger partial charge on any atom is 0.229 e. The van der Waals surface area contributed by atoms with Gasteiger partial charge in [-0.15, -0.1) is 0 Å². The summed E-state index contributed by atoms with van der Waals surface area (Å²) in [7, 11) is 0. The highest BCUT2D eigenvalue weighted by Gasteiger charge is 2.06. The molecule has 24 heavy (non-hydrogen) atoms. The minimum atomic E-state index is -0.928. The highest BCUT2D eigenvalue weighted by Crippen LogP contribution is 2.22. The van der Waals surface area contributed by atoms with Crippen LogP contribution in [0.2, 0.25) is 5.02 Å². The maximum atomic E-state index is 13.3. The molecule has 3 rings (SSSR count). The van der Waals surface area contributed by atoms with Crippen molar-refractivity contribution in [1.29, 1.82) is 0 Å². The first-order valence-corrected chi connectivity index (χ1v) is 7.48. The molecule has 1 heterocycles. The summed E-state index contributed by atoms with van der Waals surface area (Å²) in [4.78, 5) is 8.61. The number of hydrogen-bond donors (Lipinski definition) is 2. The van der Waals surface area contributed by atoms with Crippen LogP contribution in [0.5, 0.6) is 0 Å². The van der Waals surface area contributed by atoms with E-state index >= 15 is 0 Å². The molecule has 0 saturated carbocycles. The average molecular weight is 347 g/mol. The number of halogens is 3. The number of hydrogen-bond acceptors (Lipinski definition) is 4. The minimum Gasteiger partial charge on any atom is -0.340 e. The van der Waals surface area contributed by atoms with Crippen molar-refractivity contribution in [2.24, 2.45) is 0 Å². The van der Waals surface area contributed by atoms with Crippen LogP contribution < -0.4 is 10.6 Å². The van der Waals surface area contributed by atoms with E-state index in [1.165, 1.54) is 6.07 Å². The Balaban J connectivity index is 1.84. The van der Waals surface area contributed by atoms with Crippen molar-refractivity contribution >= 4 is 34.7 Å². The molecule has 0 atom stereocenters. The van der Waals surface area contributed by atoms with E-state index in [0.29, 0.717) is 28.2 Å². The summed E-state index contributed by atoms with van der Waals surface area (Å²) in [6.07, 6.45) is 0. The van der Waals surface area contributed by atoms with Crippen molar-refractivity contribution in [2.45, 2.75) is 6.92 Å². The summed E-state index contributed by atoms with van der Waals surface area (Å²) >= 11 is 5.95. The van der Waals surface area contributed by atoms with Crippen molar-refractivity contribution in [3.63, 3.8) is 0 Å². The molecule has 0 fully saturated rings. The van der Waals surface area contributed by atoms with E-state index < -0.39 is 11.6 Å². The molecule has 2 N–H and O–H groups in total. The Kier molecular flexibility index (Phi) is 4.57. The first-order chi connectivity index (χ1) is 11.5. The zero-order valence-electron chi connectivity index (χ0n) is 12.6. The van der Waals surface area contributed by atoms with E-state index in [2.05, 4.69) is 20.6 Å². The summed E-state index contributed by atoms with van der Waals surface area (Å²) in [5.74, 6) is -1.01. The van der Waals surface area contributed by atoms with Crippen LogP contribution in [0.4, 0.5) is 31.9 Å². The lowest BCUT2D eigenvalue weighted by molar-refractivity contribution is 0.509. The average Bonchev–Trinajstić information content (AvgIpc) is 2.50. The summed E-state index contributed by atoms with van der Waals surface area (Å²) in [5, 5.41) is 6.57. The van der Waals surface area contributed by atoms with Gasteiger partial charge in [0.15, 0.2) is 11.6 Å². The zero-order chi connectivity index (χ0) is 17.1. The van der Waals surface area contributed by atoms with Crippen molar-refractivity contribution in [2.75, 3.05) is 10.6 Å². The van der Waals surface area contributed by atoms with Crippen molar-refractivity contribution in [3.8, 4) is 0 Å². The van der Waals surface area contributed by atoms with Gasteiger partial charge in [-0.1, -0.05) is 17.7 Å². The Bertz CT molecular complexity index is 886. The lowest BCUT2D eigenvalue weighted by Crippen LogP contribution is -2.02. The largest absolute Gasteiger partial charge is 0.340 e. The second-order valence-corrected chi connectivity index (χ2v) is 5.54. The third-order valence-electron chi connectivity index (χ3n) is 3.13. The van der Waals surface area contributed by atoms with Crippen LogP contribution in [0.3, 0.4) is 0 Å². The number of nitrogens with zero attached hydrogens (tertiary/aromatic N) is 2. The molecular weight excluding hydrogens is 334 g/mol. The van der Waals surface area contributed by atoms with E-state index in [1.54, 1.807) is 31.2 Å². The number of aromatic nitrogens is 2. The van der Waals surface area contributed by atoms with Gasteiger partial charge in [0.05, 0.1) is 0 Å². The van der Waals surface area contributed by atoms with E-state index in [9.17, 15) is 8.78 Å². The predicted octanol–water partition coefficient (Wildman–Crippen LogP) is 5.20. The second-order valence-electron chi connectivity index (χ2n) is 5.11. The number of rotatable bonds is 4. The van der Waals surface area contributed by atoms with Crippen LogP contribution >= 0.6 is 11.6 Å². The number of anilines is 4. The van der Waals surface area contributed by atoms with Crippen LogP contribution in [-0.4, -0.2) is 9.97 Å². The molecule has 0 aliphatic carbocycles. The molecule has 2 aromatic carbocycles. The number of aryl methyl sites for hydroxylation is 1. The number of nitrogens with one attached hydrogen (secondary N) is 2. The number of benzene rings is 2. The highest BCUT2D eigenvalue weighted by atomic mass is 35.5. The van der Waals surface area contributed by atoms with Crippen LogP contribution in [-0.2, 0) is 0 Å². The molecule has 0 radical (unpaired) electrons. The van der Waals surface area contributed by atoms with E-state index in [1.807, 2.05) is 6.07 Å². The maximum absolute atomic E-state index is 13.3. The van der Waals surface area contributed by atoms with E-state index in [4.69, 9.17) is 11.6 Å². The Hall–Kier alpha value is -2.73. The molecule has 0 aliphatic rings. The normalized spacial score (nSPS) is 10.5. The molecule has 7 heteroatoms. The van der Waals surface area contributed by atoms with E-state index in [0.717, 1.165) is 17.8 Å². The van der Waals surface area contributed by atoms with Crippen molar-refractivity contribution in [3.05, 3.63) is 70.9 Å². The van der Waals surface area contributed by atoms with Gasteiger partial charge in [-0.3, -0.25) is 0 Å². The fraction of sp³-hybridized carbons (Fsp3) is 0.0588. The fourth-order valence-electron chi connectivity index (χ4n) is 2.11. The van der Waals surface area contributed by atoms with Crippen molar-refractivity contribution in [1.82, 2.24) is 9.97 Å². The molecule has 4 nitrogen and oxygen atoms in total. The molecule has 122 valence electrons. The molecule has 0 bridgehead atoms. The SMILES string of the molecule is Cc1cc(Nc2ccc(F)c(F)c2)nc(Nc2cccc(Cl)c2)n1. The Morgan fingerprint density at radius 1 is 0.875 bits per heavy atom. The lowest BCUT2D eigenvalue weighted by Gasteiger charge is -2.10. The van der Waals surface area contributed by atoms with E-state index in [-0.39, 0.29) is 0 Å². The van der Waals surface area contributed by atoms with Crippen LogP contribution in [0.25, 0.3) is 0 Å².